The van der Waals surface area contributed by atoms with Gasteiger partial charge in [-0.1, -0.05) is 25.3 Å². The molecule has 0 saturated heterocycles. The monoisotopic (exact) mass is 188 g/mol. The first-order chi connectivity index (χ1) is 6.84. The summed E-state index contributed by atoms with van der Waals surface area (Å²) >= 11 is 0. The third-order valence-corrected chi connectivity index (χ3v) is 2.92. The Morgan fingerprint density at radius 1 is 1.29 bits per heavy atom. The van der Waals surface area contributed by atoms with E-state index >= 15 is 0 Å². The van der Waals surface area contributed by atoms with Crippen LogP contribution < -0.4 is 5.32 Å². The van der Waals surface area contributed by atoms with Crippen LogP contribution in [0.4, 0.5) is 5.69 Å². The Balaban J connectivity index is 1.95. The molecule has 2 rings (SSSR count). The van der Waals surface area contributed by atoms with Crippen molar-refractivity contribution in [3.05, 3.63) is 29.8 Å². The predicted octanol–water partition coefficient (Wildman–Crippen LogP) is 3.54. The van der Waals surface area contributed by atoms with E-state index in [0.29, 0.717) is 6.04 Å². The highest BCUT2D eigenvalue weighted by Crippen LogP contribution is 2.21. The second kappa shape index (κ2) is 4.50. The van der Waals surface area contributed by atoms with E-state index in [0.717, 1.165) is 0 Å². The van der Waals surface area contributed by atoms with Crippen LogP contribution in [-0.2, 0) is 0 Å². The van der Waals surface area contributed by atoms with E-state index in [1.807, 2.05) is 6.07 Å². The highest BCUT2D eigenvalue weighted by Gasteiger charge is 2.12. The molecule has 0 aromatic heterocycles. The molecule has 1 aromatic rings. The molecule has 0 aliphatic heterocycles. The van der Waals surface area contributed by atoms with E-state index in [1.54, 1.807) is 0 Å². The van der Waals surface area contributed by atoms with Crippen LogP contribution in [0.15, 0.2) is 18.2 Å². The Bertz CT molecular complexity index is 287. The van der Waals surface area contributed by atoms with Gasteiger partial charge in [-0.15, -0.1) is 0 Å². The fourth-order valence-corrected chi connectivity index (χ4v) is 2.16. The van der Waals surface area contributed by atoms with Crippen LogP contribution in [0.25, 0.3) is 0 Å². The average molecular weight is 188 g/mol. The van der Waals surface area contributed by atoms with Gasteiger partial charge in [0.2, 0.25) is 0 Å². The maximum absolute atomic E-state index is 3.60. The van der Waals surface area contributed by atoms with Gasteiger partial charge in [-0.2, -0.15) is 0 Å². The molecule has 75 valence electrons. The molecule has 0 unspecified atom stereocenters. The first-order valence-corrected chi connectivity index (χ1v) is 5.59. The molecule has 0 atom stereocenters. The molecule has 1 saturated carbocycles. The molecule has 1 heteroatoms. The Kier molecular flexibility index (Phi) is 3.07. The summed E-state index contributed by atoms with van der Waals surface area (Å²) in [6, 6.07) is 10.2. The first kappa shape index (κ1) is 9.57. The average Bonchev–Trinajstić information content (AvgIpc) is 2.19. The van der Waals surface area contributed by atoms with Crippen molar-refractivity contribution in [2.75, 3.05) is 5.32 Å². The van der Waals surface area contributed by atoms with E-state index < -0.39 is 0 Å². The zero-order chi connectivity index (χ0) is 9.80. The lowest BCUT2D eigenvalue weighted by molar-refractivity contribution is 0.463. The van der Waals surface area contributed by atoms with Gasteiger partial charge in [0.1, 0.15) is 0 Å². The molecule has 14 heavy (non-hydrogen) atoms. The standard InChI is InChI=1S/C13H18N/c1-11-6-5-9-13(10-11)14-12-7-3-2-4-8-12/h5,9-10,12,14H,2-4,7-8H2,1H3. The van der Waals surface area contributed by atoms with Crippen LogP contribution in [0.5, 0.6) is 0 Å². The van der Waals surface area contributed by atoms with E-state index in [4.69, 9.17) is 0 Å². The van der Waals surface area contributed by atoms with Gasteiger partial charge in [0, 0.05) is 11.7 Å². The van der Waals surface area contributed by atoms with Gasteiger partial charge >= 0.3 is 0 Å². The van der Waals surface area contributed by atoms with E-state index in [2.05, 4.69) is 30.4 Å². The summed E-state index contributed by atoms with van der Waals surface area (Å²) in [6.45, 7) is 2.09. The summed E-state index contributed by atoms with van der Waals surface area (Å²) in [5.74, 6) is 0. The molecule has 1 aromatic carbocycles. The van der Waals surface area contributed by atoms with Crippen molar-refractivity contribution in [3.63, 3.8) is 0 Å². The lowest BCUT2D eigenvalue weighted by atomic mass is 9.95. The second-order valence-electron chi connectivity index (χ2n) is 4.24. The number of aryl methyl sites for hydroxylation is 1. The quantitative estimate of drug-likeness (QED) is 0.748. The molecule has 0 bridgehead atoms. The summed E-state index contributed by atoms with van der Waals surface area (Å²) in [5, 5.41) is 3.60. The van der Waals surface area contributed by atoms with Crippen molar-refractivity contribution < 1.29 is 0 Å². The van der Waals surface area contributed by atoms with Crippen LogP contribution in [0.1, 0.15) is 37.7 Å². The molecular weight excluding hydrogens is 170 g/mol. The van der Waals surface area contributed by atoms with E-state index in [9.17, 15) is 0 Å². The lowest BCUT2D eigenvalue weighted by Gasteiger charge is -2.23. The molecular formula is C13H18N. The van der Waals surface area contributed by atoms with Crippen molar-refractivity contribution in [1.29, 1.82) is 0 Å². The highest BCUT2D eigenvalue weighted by atomic mass is 14.9. The SMILES string of the molecule is Cc1[c]ccc(NC2CCCCC2)c1. The highest BCUT2D eigenvalue weighted by molar-refractivity contribution is 5.45. The number of anilines is 1. The predicted molar refractivity (Wildman–Crippen MR) is 60.5 cm³/mol. The van der Waals surface area contributed by atoms with Gasteiger partial charge in [-0.3, -0.25) is 0 Å². The fraction of sp³-hybridized carbons (Fsp3) is 0.538. The molecule has 1 fully saturated rings. The van der Waals surface area contributed by atoms with Crippen molar-refractivity contribution in [1.82, 2.24) is 0 Å². The third kappa shape index (κ3) is 2.50. The Hall–Kier alpha value is -0.980. The normalized spacial score (nSPS) is 18.1. The van der Waals surface area contributed by atoms with Crippen LogP contribution in [-0.4, -0.2) is 6.04 Å². The molecule has 0 heterocycles. The van der Waals surface area contributed by atoms with E-state index in [-0.39, 0.29) is 0 Å². The minimum absolute atomic E-state index is 0.700. The van der Waals surface area contributed by atoms with Crippen LogP contribution in [0, 0.1) is 13.0 Å². The Morgan fingerprint density at radius 2 is 2.07 bits per heavy atom. The van der Waals surface area contributed by atoms with Crippen molar-refractivity contribution in [3.8, 4) is 0 Å². The van der Waals surface area contributed by atoms with Gasteiger partial charge in [0.05, 0.1) is 0 Å². The zero-order valence-corrected chi connectivity index (χ0v) is 8.84. The van der Waals surface area contributed by atoms with Crippen molar-refractivity contribution in [2.45, 2.75) is 45.1 Å². The molecule has 0 amide bonds. The molecule has 0 spiro atoms. The smallest absolute Gasteiger partial charge is 0.0345 e. The maximum atomic E-state index is 3.60. The van der Waals surface area contributed by atoms with Gasteiger partial charge in [0.15, 0.2) is 0 Å². The maximum Gasteiger partial charge on any atom is 0.0345 e. The number of hydrogen-bond acceptors (Lipinski definition) is 1. The summed E-state index contributed by atoms with van der Waals surface area (Å²) in [4.78, 5) is 0. The number of benzene rings is 1. The molecule has 1 N–H and O–H groups in total. The lowest BCUT2D eigenvalue weighted by Crippen LogP contribution is -2.22. The topological polar surface area (TPSA) is 12.0 Å². The minimum Gasteiger partial charge on any atom is -0.382 e. The van der Waals surface area contributed by atoms with Crippen LogP contribution in [0.2, 0.25) is 0 Å². The van der Waals surface area contributed by atoms with Crippen molar-refractivity contribution in [2.24, 2.45) is 0 Å². The molecule has 1 radical (unpaired) electrons. The molecule has 1 nitrogen and oxygen atoms in total. The third-order valence-electron chi connectivity index (χ3n) is 2.92. The Labute approximate surface area is 86.5 Å². The summed E-state index contributed by atoms with van der Waals surface area (Å²) in [5.41, 5.74) is 2.47. The summed E-state index contributed by atoms with van der Waals surface area (Å²) in [6.07, 6.45) is 6.85. The summed E-state index contributed by atoms with van der Waals surface area (Å²) < 4.78 is 0. The van der Waals surface area contributed by atoms with Gasteiger partial charge < -0.3 is 5.32 Å². The molecule has 1 aliphatic rings. The van der Waals surface area contributed by atoms with Gasteiger partial charge in [-0.05, 0) is 43.5 Å². The summed E-state index contributed by atoms with van der Waals surface area (Å²) in [7, 11) is 0. The van der Waals surface area contributed by atoms with Gasteiger partial charge in [0.25, 0.3) is 0 Å². The molecule has 1 aliphatic carbocycles. The first-order valence-electron chi connectivity index (χ1n) is 5.59. The fourth-order valence-electron chi connectivity index (χ4n) is 2.16. The number of nitrogens with one attached hydrogen (secondary N) is 1. The number of rotatable bonds is 2. The zero-order valence-electron chi connectivity index (χ0n) is 8.84. The minimum atomic E-state index is 0.700. The Morgan fingerprint density at radius 3 is 2.79 bits per heavy atom. The van der Waals surface area contributed by atoms with Crippen LogP contribution in [0.3, 0.4) is 0 Å². The van der Waals surface area contributed by atoms with Gasteiger partial charge in [-0.25, -0.2) is 0 Å². The largest absolute Gasteiger partial charge is 0.382 e. The number of hydrogen-bond donors (Lipinski definition) is 1. The van der Waals surface area contributed by atoms with Crippen LogP contribution >= 0.6 is 0 Å². The van der Waals surface area contributed by atoms with E-state index in [1.165, 1.54) is 43.4 Å². The van der Waals surface area contributed by atoms with Crippen molar-refractivity contribution >= 4 is 5.69 Å². The second-order valence-corrected chi connectivity index (χ2v) is 4.24.